The van der Waals surface area contributed by atoms with Crippen molar-refractivity contribution >= 4 is 18.0 Å². The summed E-state index contributed by atoms with van der Waals surface area (Å²) in [5, 5.41) is 11.2. The van der Waals surface area contributed by atoms with Gasteiger partial charge in [-0.15, -0.1) is 0 Å². The molecule has 0 spiro atoms. The van der Waals surface area contributed by atoms with Crippen molar-refractivity contribution in [2.45, 2.75) is 13.8 Å². The molecular weight excluding hydrogens is 324 g/mol. The van der Waals surface area contributed by atoms with Crippen LogP contribution in [-0.2, 0) is 14.3 Å². The molecular formula is C18H22N2O5. The monoisotopic (exact) mass is 346 g/mol. The first-order valence-electron chi connectivity index (χ1n) is 7.75. The van der Waals surface area contributed by atoms with Crippen LogP contribution in [0.15, 0.2) is 24.3 Å². The number of hydrogen-bond donors (Lipinski definition) is 1. The van der Waals surface area contributed by atoms with Gasteiger partial charge in [0.2, 0.25) is 0 Å². The number of esters is 1. The van der Waals surface area contributed by atoms with Gasteiger partial charge in [-0.05, 0) is 29.7 Å². The Balaban J connectivity index is 2.55. The molecule has 0 saturated carbocycles. The van der Waals surface area contributed by atoms with Crippen LogP contribution in [0.1, 0.15) is 19.4 Å². The summed E-state index contributed by atoms with van der Waals surface area (Å²) in [4.78, 5) is 23.1. The van der Waals surface area contributed by atoms with Gasteiger partial charge in [0, 0.05) is 12.6 Å². The summed E-state index contributed by atoms with van der Waals surface area (Å²) in [6, 6.07) is 6.88. The number of amides is 1. The molecule has 0 heterocycles. The number of hydrogen-bond acceptors (Lipinski definition) is 6. The summed E-state index contributed by atoms with van der Waals surface area (Å²) in [5.41, 5.74) is 0.683. The first kappa shape index (κ1) is 20.0. The maximum Gasteiger partial charge on any atom is 0.331 e. The van der Waals surface area contributed by atoms with Crippen molar-refractivity contribution in [1.82, 2.24) is 5.32 Å². The van der Waals surface area contributed by atoms with E-state index in [2.05, 4.69) is 5.32 Å². The molecule has 0 radical (unpaired) electrons. The van der Waals surface area contributed by atoms with E-state index >= 15 is 0 Å². The van der Waals surface area contributed by atoms with E-state index in [0.717, 1.165) is 0 Å². The molecule has 1 rings (SSSR count). The third kappa shape index (κ3) is 7.88. The number of benzene rings is 1. The molecule has 1 aromatic carbocycles. The summed E-state index contributed by atoms with van der Waals surface area (Å²) in [6.07, 6.45) is 2.76. The Labute approximate surface area is 147 Å². The minimum atomic E-state index is -0.622. The van der Waals surface area contributed by atoms with Crippen molar-refractivity contribution in [1.29, 1.82) is 5.26 Å². The molecule has 0 aliphatic rings. The first-order valence-corrected chi connectivity index (χ1v) is 7.75. The fourth-order valence-electron chi connectivity index (χ4n) is 1.74. The van der Waals surface area contributed by atoms with E-state index in [0.29, 0.717) is 29.5 Å². The lowest BCUT2D eigenvalue weighted by molar-refractivity contribution is -0.143. The van der Waals surface area contributed by atoms with Crippen LogP contribution in [-0.4, -0.2) is 38.7 Å². The Hall–Kier alpha value is -3.01. The second-order valence-corrected chi connectivity index (χ2v) is 5.50. The average molecular weight is 346 g/mol. The highest BCUT2D eigenvalue weighted by molar-refractivity contribution is 5.89. The van der Waals surface area contributed by atoms with Gasteiger partial charge in [0.1, 0.15) is 6.07 Å². The summed E-state index contributed by atoms with van der Waals surface area (Å²) in [6.45, 7) is 4.07. The molecule has 0 fully saturated rings. The molecule has 0 aliphatic heterocycles. The topological polar surface area (TPSA) is 97.7 Å². The van der Waals surface area contributed by atoms with Gasteiger partial charge in [-0.1, -0.05) is 19.9 Å². The van der Waals surface area contributed by atoms with Gasteiger partial charge in [-0.3, -0.25) is 4.79 Å². The van der Waals surface area contributed by atoms with Crippen LogP contribution >= 0.6 is 0 Å². The van der Waals surface area contributed by atoms with E-state index in [1.165, 1.54) is 19.3 Å². The molecule has 1 aromatic rings. The number of ether oxygens (including phenoxy) is 3. The zero-order chi connectivity index (χ0) is 18.7. The molecule has 1 N–H and O–H groups in total. The standard InChI is InChI=1S/C18H22N2O5/c1-13(2)11-20-17(21)12-25-18(22)7-5-14-4-6-15(24-9-8-19)16(10-14)23-3/h4-7,10,13H,9,11-12H2,1-3H3,(H,20,21)/b7-5+. The number of carbonyl (C=O) groups is 2. The Morgan fingerprint density at radius 2 is 2.08 bits per heavy atom. The lowest BCUT2D eigenvalue weighted by atomic mass is 10.2. The van der Waals surface area contributed by atoms with E-state index in [1.807, 2.05) is 19.9 Å². The van der Waals surface area contributed by atoms with Crippen molar-refractivity contribution in [3.8, 4) is 17.6 Å². The Morgan fingerprint density at radius 3 is 2.72 bits per heavy atom. The average Bonchev–Trinajstić information content (AvgIpc) is 2.61. The number of rotatable bonds is 9. The number of carbonyl (C=O) groups excluding carboxylic acids is 2. The van der Waals surface area contributed by atoms with Gasteiger partial charge >= 0.3 is 5.97 Å². The lowest BCUT2D eigenvalue weighted by Gasteiger charge is -2.09. The molecule has 134 valence electrons. The Kier molecular flexibility index (Phi) is 8.58. The Bertz CT molecular complexity index is 662. The van der Waals surface area contributed by atoms with Gasteiger partial charge in [-0.2, -0.15) is 5.26 Å². The minimum absolute atomic E-state index is 0.0866. The summed E-state index contributed by atoms with van der Waals surface area (Å²) in [5.74, 6) is 0.249. The number of nitrogens with one attached hydrogen (secondary N) is 1. The normalized spacial score (nSPS) is 10.4. The van der Waals surface area contributed by atoms with E-state index in [1.54, 1.807) is 18.2 Å². The highest BCUT2D eigenvalue weighted by atomic mass is 16.5. The highest BCUT2D eigenvalue weighted by Gasteiger charge is 2.07. The number of nitrogens with zero attached hydrogens (tertiary/aromatic N) is 1. The van der Waals surface area contributed by atoms with Crippen LogP contribution in [0.25, 0.3) is 6.08 Å². The van der Waals surface area contributed by atoms with Crippen LogP contribution in [0.3, 0.4) is 0 Å². The molecule has 0 unspecified atom stereocenters. The van der Waals surface area contributed by atoms with Crippen LogP contribution in [0.5, 0.6) is 11.5 Å². The molecule has 25 heavy (non-hydrogen) atoms. The van der Waals surface area contributed by atoms with Crippen molar-refractivity contribution < 1.29 is 23.8 Å². The molecule has 7 nitrogen and oxygen atoms in total. The quantitative estimate of drug-likeness (QED) is 0.542. The molecule has 0 aliphatic carbocycles. The van der Waals surface area contributed by atoms with Gasteiger partial charge in [-0.25, -0.2) is 4.79 Å². The number of methoxy groups -OCH3 is 1. The molecule has 7 heteroatoms. The largest absolute Gasteiger partial charge is 0.493 e. The van der Waals surface area contributed by atoms with Crippen LogP contribution in [0.2, 0.25) is 0 Å². The predicted molar refractivity (Wildman–Crippen MR) is 91.9 cm³/mol. The maximum atomic E-state index is 11.6. The van der Waals surface area contributed by atoms with Crippen LogP contribution in [0.4, 0.5) is 0 Å². The highest BCUT2D eigenvalue weighted by Crippen LogP contribution is 2.28. The number of nitriles is 1. The smallest absolute Gasteiger partial charge is 0.331 e. The molecule has 1 amide bonds. The lowest BCUT2D eigenvalue weighted by Crippen LogP contribution is -2.31. The van der Waals surface area contributed by atoms with Crippen molar-refractivity contribution in [3.05, 3.63) is 29.8 Å². The molecule has 0 saturated heterocycles. The van der Waals surface area contributed by atoms with Crippen LogP contribution < -0.4 is 14.8 Å². The van der Waals surface area contributed by atoms with E-state index in [9.17, 15) is 9.59 Å². The first-order chi connectivity index (χ1) is 12.0. The molecule has 0 aromatic heterocycles. The minimum Gasteiger partial charge on any atom is -0.493 e. The van der Waals surface area contributed by atoms with E-state index in [4.69, 9.17) is 19.5 Å². The van der Waals surface area contributed by atoms with Crippen molar-refractivity contribution in [2.24, 2.45) is 5.92 Å². The van der Waals surface area contributed by atoms with E-state index in [-0.39, 0.29) is 19.1 Å². The van der Waals surface area contributed by atoms with Gasteiger partial charge < -0.3 is 19.5 Å². The second kappa shape index (κ2) is 10.7. The van der Waals surface area contributed by atoms with Gasteiger partial charge in [0.25, 0.3) is 5.91 Å². The third-order valence-electron chi connectivity index (χ3n) is 2.94. The zero-order valence-corrected chi connectivity index (χ0v) is 14.6. The van der Waals surface area contributed by atoms with Gasteiger partial charge in [0.05, 0.1) is 7.11 Å². The van der Waals surface area contributed by atoms with Gasteiger partial charge in [0.15, 0.2) is 24.7 Å². The van der Waals surface area contributed by atoms with Crippen molar-refractivity contribution in [3.63, 3.8) is 0 Å². The summed E-state index contributed by atoms with van der Waals surface area (Å²) in [7, 11) is 1.48. The zero-order valence-electron chi connectivity index (χ0n) is 14.6. The fraction of sp³-hybridized carbons (Fsp3) is 0.389. The second-order valence-electron chi connectivity index (χ2n) is 5.50. The van der Waals surface area contributed by atoms with Crippen LogP contribution in [0, 0.1) is 17.2 Å². The summed E-state index contributed by atoms with van der Waals surface area (Å²) >= 11 is 0. The van der Waals surface area contributed by atoms with E-state index < -0.39 is 5.97 Å². The van der Waals surface area contributed by atoms with Crippen molar-refractivity contribution in [2.75, 3.05) is 26.9 Å². The fourth-order valence-corrected chi connectivity index (χ4v) is 1.74. The predicted octanol–water partition coefficient (Wildman–Crippen LogP) is 1.93. The molecule has 0 bridgehead atoms. The maximum absolute atomic E-state index is 11.6. The SMILES string of the molecule is COc1cc(/C=C/C(=O)OCC(=O)NCC(C)C)ccc1OCC#N. The molecule has 0 atom stereocenters. The third-order valence-corrected chi connectivity index (χ3v) is 2.94. The Morgan fingerprint density at radius 1 is 1.32 bits per heavy atom. The summed E-state index contributed by atoms with van der Waals surface area (Å²) < 4.78 is 15.3.